The van der Waals surface area contributed by atoms with Crippen molar-refractivity contribution in [3.63, 3.8) is 0 Å². The second kappa shape index (κ2) is 5.54. The summed E-state index contributed by atoms with van der Waals surface area (Å²) in [7, 11) is -3.27. The monoisotopic (exact) mass is 255 g/mol. The smallest absolute Gasteiger partial charge is 0.235 e. The summed E-state index contributed by atoms with van der Waals surface area (Å²) in [6, 6.07) is 5.92. The molecule has 3 nitrogen and oxygen atoms in total. The third kappa shape index (κ3) is 3.22. The van der Waals surface area contributed by atoms with Gasteiger partial charge in [0.25, 0.3) is 0 Å². The molecule has 0 unspecified atom stereocenters. The topological polar surface area (TPSA) is 46.2 Å². The number of para-hydroxylation sites is 1. The van der Waals surface area contributed by atoms with Crippen molar-refractivity contribution in [1.82, 2.24) is 0 Å². The molecular formula is C13H21NO2S. The molecule has 96 valence electrons. The highest BCUT2D eigenvalue weighted by molar-refractivity contribution is 7.93. The Bertz CT molecular complexity index is 456. The molecule has 0 bridgehead atoms. The molecular weight excluding hydrogens is 234 g/mol. The molecule has 1 rings (SSSR count). The summed E-state index contributed by atoms with van der Waals surface area (Å²) in [5.74, 6) is 0. The van der Waals surface area contributed by atoms with Crippen LogP contribution in [-0.2, 0) is 22.9 Å². The van der Waals surface area contributed by atoms with E-state index in [1.165, 1.54) is 0 Å². The normalized spacial score (nSPS) is 11.8. The molecule has 0 spiro atoms. The van der Waals surface area contributed by atoms with E-state index in [-0.39, 0.29) is 0 Å². The first-order valence-electron chi connectivity index (χ1n) is 6.04. The minimum absolute atomic E-state index is 0.419. The lowest BCUT2D eigenvalue weighted by atomic mass is 10.0. The zero-order valence-corrected chi connectivity index (χ0v) is 11.8. The van der Waals surface area contributed by atoms with Crippen LogP contribution >= 0.6 is 0 Å². The maximum atomic E-state index is 11.9. The van der Waals surface area contributed by atoms with Crippen molar-refractivity contribution in [1.29, 1.82) is 0 Å². The molecule has 0 aliphatic rings. The highest BCUT2D eigenvalue weighted by atomic mass is 32.2. The highest BCUT2D eigenvalue weighted by Crippen LogP contribution is 2.24. The van der Waals surface area contributed by atoms with Gasteiger partial charge >= 0.3 is 0 Å². The molecule has 0 atom stereocenters. The van der Waals surface area contributed by atoms with Gasteiger partial charge in [-0.2, -0.15) is 0 Å². The molecule has 17 heavy (non-hydrogen) atoms. The van der Waals surface area contributed by atoms with Crippen LogP contribution in [0.5, 0.6) is 0 Å². The molecule has 0 amide bonds. The molecule has 1 aromatic carbocycles. The fraction of sp³-hybridized carbons (Fsp3) is 0.538. The number of aryl methyl sites for hydroxylation is 2. The summed E-state index contributed by atoms with van der Waals surface area (Å²) in [6.07, 6.45) is 1.65. The number of nitrogens with one attached hydrogen (secondary N) is 1. The van der Waals surface area contributed by atoms with Gasteiger partial charge in [-0.3, -0.25) is 4.72 Å². The minimum atomic E-state index is -3.27. The lowest BCUT2D eigenvalue weighted by molar-refractivity contribution is 0.592. The van der Waals surface area contributed by atoms with Gasteiger partial charge in [0.2, 0.25) is 10.0 Å². The van der Waals surface area contributed by atoms with E-state index in [1.54, 1.807) is 13.8 Å². The Morgan fingerprint density at radius 2 is 1.59 bits per heavy atom. The van der Waals surface area contributed by atoms with Gasteiger partial charge in [0.05, 0.1) is 10.9 Å². The van der Waals surface area contributed by atoms with E-state index < -0.39 is 15.3 Å². The fourth-order valence-corrected chi connectivity index (χ4v) is 2.42. The van der Waals surface area contributed by atoms with Crippen molar-refractivity contribution < 1.29 is 8.42 Å². The van der Waals surface area contributed by atoms with E-state index in [2.05, 4.69) is 4.72 Å². The van der Waals surface area contributed by atoms with Crippen LogP contribution in [-0.4, -0.2) is 13.7 Å². The lowest BCUT2D eigenvalue weighted by Crippen LogP contribution is -2.23. The highest BCUT2D eigenvalue weighted by Gasteiger charge is 2.18. The minimum Gasteiger partial charge on any atom is -0.283 e. The molecule has 0 fully saturated rings. The molecule has 1 N–H and O–H groups in total. The van der Waals surface area contributed by atoms with Gasteiger partial charge in [-0.25, -0.2) is 8.42 Å². The number of hydrogen-bond acceptors (Lipinski definition) is 2. The van der Waals surface area contributed by atoms with Gasteiger partial charge < -0.3 is 0 Å². The van der Waals surface area contributed by atoms with Crippen molar-refractivity contribution >= 4 is 15.7 Å². The SMILES string of the molecule is CCc1cccc(CC)c1NS(=O)(=O)C(C)C. The molecule has 0 heterocycles. The molecule has 0 saturated heterocycles. The first-order chi connectivity index (χ1) is 7.92. The van der Waals surface area contributed by atoms with Gasteiger partial charge in [0.1, 0.15) is 0 Å². The average molecular weight is 255 g/mol. The summed E-state index contributed by atoms with van der Waals surface area (Å²) in [5, 5.41) is -0.419. The van der Waals surface area contributed by atoms with Crippen LogP contribution in [0, 0.1) is 0 Å². The predicted octanol–water partition coefficient (Wildman–Crippen LogP) is 2.96. The van der Waals surface area contributed by atoms with Gasteiger partial charge in [-0.05, 0) is 37.8 Å². The Balaban J connectivity index is 3.21. The number of sulfonamides is 1. The van der Waals surface area contributed by atoms with E-state index in [0.717, 1.165) is 29.7 Å². The predicted molar refractivity (Wildman–Crippen MR) is 72.9 cm³/mol. The quantitative estimate of drug-likeness (QED) is 0.879. The summed E-state index contributed by atoms with van der Waals surface area (Å²) in [6.45, 7) is 7.43. The third-order valence-electron chi connectivity index (χ3n) is 2.86. The zero-order chi connectivity index (χ0) is 13.1. The fourth-order valence-electron chi connectivity index (χ4n) is 1.63. The Kier molecular flexibility index (Phi) is 4.57. The van der Waals surface area contributed by atoms with Crippen LogP contribution in [0.1, 0.15) is 38.8 Å². The summed E-state index contributed by atoms with van der Waals surface area (Å²) in [5.41, 5.74) is 2.87. The van der Waals surface area contributed by atoms with Crippen LogP contribution in [0.15, 0.2) is 18.2 Å². The average Bonchev–Trinajstić information content (AvgIpc) is 2.28. The van der Waals surface area contributed by atoms with E-state index in [1.807, 2.05) is 32.0 Å². The largest absolute Gasteiger partial charge is 0.283 e. The molecule has 0 aliphatic heterocycles. The maximum Gasteiger partial charge on any atom is 0.235 e. The Morgan fingerprint density at radius 3 is 1.94 bits per heavy atom. The molecule has 1 aromatic rings. The van der Waals surface area contributed by atoms with Crippen molar-refractivity contribution in [3.05, 3.63) is 29.3 Å². The first-order valence-corrected chi connectivity index (χ1v) is 7.59. The number of rotatable bonds is 5. The summed E-state index contributed by atoms with van der Waals surface area (Å²) < 4.78 is 26.6. The first kappa shape index (κ1) is 14.0. The van der Waals surface area contributed by atoms with Crippen LogP contribution in [0.3, 0.4) is 0 Å². The van der Waals surface area contributed by atoms with E-state index in [0.29, 0.717) is 0 Å². The Morgan fingerprint density at radius 1 is 1.12 bits per heavy atom. The molecule has 0 aromatic heterocycles. The zero-order valence-electron chi connectivity index (χ0n) is 10.9. The third-order valence-corrected chi connectivity index (χ3v) is 4.59. The second-order valence-corrected chi connectivity index (χ2v) is 6.59. The van der Waals surface area contributed by atoms with Crippen LogP contribution < -0.4 is 4.72 Å². The summed E-state index contributed by atoms with van der Waals surface area (Å²) in [4.78, 5) is 0. The van der Waals surface area contributed by atoms with Crippen LogP contribution in [0.4, 0.5) is 5.69 Å². The Labute approximate surface area is 104 Å². The van der Waals surface area contributed by atoms with Gasteiger partial charge in [-0.1, -0.05) is 32.0 Å². The van der Waals surface area contributed by atoms with Crippen LogP contribution in [0.25, 0.3) is 0 Å². The molecule has 0 aliphatic carbocycles. The van der Waals surface area contributed by atoms with Gasteiger partial charge in [0, 0.05) is 0 Å². The Hall–Kier alpha value is -1.03. The standard InChI is InChI=1S/C13H21NO2S/c1-5-11-8-7-9-12(6-2)13(11)14-17(15,16)10(3)4/h7-10,14H,5-6H2,1-4H3. The van der Waals surface area contributed by atoms with Crippen molar-refractivity contribution in [2.45, 2.75) is 45.8 Å². The number of anilines is 1. The van der Waals surface area contributed by atoms with E-state index in [9.17, 15) is 8.42 Å². The molecule has 0 saturated carbocycles. The van der Waals surface area contributed by atoms with Crippen molar-refractivity contribution in [2.24, 2.45) is 0 Å². The summed E-state index contributed by atoms with van der Waals surface area (Å²) >= 11 is 0. The van der Waals surface area contributed by atoms with E-state index >= 15 is 0 Å². The molecule has 0 radical (unpaired) electrons. The second-order valence-electron chi connectivity index (χ2n) is 4.35. The maximum absolute atomic E-state index is 11.9. The number of hydrogen-bond donors (Lipinski definition) is 1. The number of benzene rings is 1. The van der Waals surface area contributed by atoms with Gasteiger partial charge in [0.15, 0.2) is 0 Å². The lowest BCUT2D eigenvalue weighted by Gasteiger charge is -2.17. The molecule has 4 heteroatoms. The van der Waals surface area contributed by atoms with Crippen molar-refractivity contribution in [2.75, 3.05) is 4.72 Å². The van der Waals surface area contributed by atoms with Gasteiger partial charge in [-0.15, -0.1) is 0 Å². The van der Waals surface area contributed by atoms with Crippen molar-refractivity contribution in [3.8, 4) is 0 Å². The van der Waals surface area contributed by atoms with E-state index in [4.69, 9.17) is 0 Å². The van der Waals surface area contributed by atoms with Crippen LogP contribution in [0.2, 0.25) is 0 Å².